The number of anilines is 1. The van der Waals surface area contributed by atoms with Gasteiger partial charge in [0.25, 0.3) is 0 Å². The van der Waals surface area contributed by atoms with Gasteiger partial charge in [0.2, 0.25) is 0 Å². The van der Waals surface area contributed by atoms with Crippen molar-refractivity contribution >= 4 is 11.8 Å². The highest BCUT2D eigenvalue weighted by molar-refractivity contribution is 5.82. The van der Waals surface area contributed by atoms with Gasteiger partial charge in [0.05, 0.1) is 23.8 Å². The van der Waals surface area contributed by atoms with Crippen LogP contribution in [0.5, 0.6) is 5.75 Å². The van der Waals surface area contributed by atoms with Gasteiger partial charge in [-0.15, -0.1) is 0 Å². The van der Waals surface area contributed by atoms with Crippen LogP contribution in [0.4, 0.5) is 5.82 Å². The molecule has 0 unspecified atom stereocenters. The summed E-state index contributed by atoms with van der Waals surface area (Å²) in [6.07, 6.45) is 1.75. The summed E-state index contributed by atoms with van der Waals surface area (Å²) >= 11 is 0. The molecular formula is C30H33N3O4. The number of carboxylic acids is 1. The minimum Gasteiger partial charge on any atom is -0.488 e. The first-order chi connectivity index (χ1) is 18.0. The lowest BCUT2D eigenvalue weighted by molar-refractivity contribution is -0.144. The van der Waals surface area contributed by atoms with E-state index in [0.29, 0.717) is 26.2 Å². The van der Waals surface area contributed by atoms with Gasteiger partial charge < -0.3 is 24.8 Å². The zero-order chi connectivity index (χ0) is 25.6. The summed E-state index contributed by atoms with van der Waals surface area (Å²) in [4.78, 5) is 19.3. The zero-order valence-corrected chi connectivity index (χ0v) is 21.4. The van der Waals surface area contributed by atoms with Gasteiger partial charge in [0.15, 0.2) is 0 Å². The minimum absolute atomic E-state index is 0.140. The van der Waals surface area contributed by atoms with Crippen molar-refractivity contribution in [3.8, 4) is 17.0 Å². The van der Waals surface area contributed by atoms with Crippen molar-refractivity contribution in [2.75, 3.05) is 31.7 Å². The van der Waals surface area contributed by atoms with Crippen molar-refractivity contribution in [3.63, 3.8) is 0 Å². The largest absolute Gasteiger partial charge is 0.488 e. The molecular weight excluding hydrogens is 466 g/mol. The van der Waals surface area contributed by atoms with Crippen LogP contribution in [-0.4, -0.2) is 48.9 Å². The molecule has 2 N–H and O–H groups in total. The molecule has 7 nitrogen and oxygen atoms in total. The maximum Gasteiger partial charge on any atom is 0.312 e. The summed E-state index contributed by atoms with van der Waals surface area (Å²) in [6, 6.07) is 18.4. The second kappa shape index (κ2) is 9.47. The first-order valence-electron chi connectivity index (χ1n) is 13.0. The maximum atomic E-state index is 12.1. The third kappa shape index (κ3) is 4.16. The number of benzene rings is 2. The molecule has 2 fully saturated rings. The van der Waals surface area contributed by atoms with Crippen LogP contribution >= 0.6 is 0 Å². The van der Waals surface area contributed by atoms with Gasteiger partial charge in [-0.3, -0.25) is 4.79 Å². The zero-order valence-electron chi connectivity index (χ0n) is 21.4. The van der Waals surface area contributed by atoms with Crippen LogP contribution in [-0.2, 0) is 29.1 Å². The summed E-state index contributed by atoms with van der Waals surface area (Å²) in [7, 11) is 1.63. The summed E-state index contributed by atoms with van der Waals surface area (Å²) in [5.74, 6) is 1.02. The standard InChI is InChI=1S/C30H33N3O4/c1-19-5-3-6-24(28(19)37-17-20-9-10-22-15-31-12-11-21(22)13-20)25-7-4-8-27(32-25)33-16-23-14-30(23,29(34)35)26(33)18-36-2/h3-10,13,23,26,31H,11-12,14-18H2,1-2H3,(H,34,35)/t23-,26+,30+/m0/s1. The number of nitrogens with one attached hydrogen (secondary N) is 1. The van der Waals surface area contributed by atoms with E-state index in [1.165, 1.54) is 11.1 Å². The van der Waals surface area contributed by atoms with Gasteiger partial charge >= 0.3 is 5.97 Å². The van der Waals surface area contributed by atoms with Gasteiger partial charge in [-0.05, 0) is 72.7 Å². The fourth-order valence-electron chi connectivity index (χ4n) is 6.24. The second-order valence-electron chi connectivity index (χ2n) is 10.5. The molecule has 2 aromatic carbocycles. The number of methoxy groups -OCH3 is 1. The monoisotopic (exact) mass is 499 g/mol. The van der Waals surface area contributed by atoms with E-state index in [4.69, 9.17) is 14.5 Å². The Morgan fingerprint density at radius 1 is 1.19 bits per heavy atom. The minimum atomic E-state index is -0.731. The van der Waals surface area contributed by atoms with E-state index < -0.39 is 11.4 Å². The van der Waals surface area contributed by atoms with Crippen molar-refractivity contribution < 1.29 is 19.4 Å². The van der Waals surface area contributed by atoms with Crippen LogP contribution in [0.15, 0.2) is 54.6 Å². The quantitative estimate of drug-likeness (QED) is 0.480. The van der Waals surface area contributed by atoms with Crippen molar-refractivity contribution in [1.82, 2.24) is 10.3 Å². The molecule has 7 heteroatoms. The molecule has 192 valence electrons. The van der Waals surface area contributed by atoms with Crippen molar-refractivity contribution in [2.45, 2.75) is 39.0 Å². The van der Waals surface area contributed by atoms with E-state index in [9.17, 15) is 9.90 Å². The molecule has 2 aliphatic heterocycles. The lowest BCUT2D eigenvalue weighted by Gasteiger charge is -2.31. The SMILES string of the molecule is COC[C@H]1N(c2cccc(-c3cccc(C)c3OCc3ccc4c(c3)CCNC4)n2)C[C@@H]2C[C@@]21C(=O)O. The van der Waals surface area contributed by atoms with Crippen molar-refractivity contribution in [2.24, 2.45) is 11.3 Å². The Kier molecular flexibility index (Phi) is 6.13. The highest BCUT2D eigenvalue weighted by Crippen LogP contribution is 2.62. The molecule has 1 aliphatic carbocycles. The molecule has 3 atom stereocenters. The first kappa shape index (κ1) is 23.9. The number of para-hydroxylation sites is 1. The van der Waals surface area contributed by atoms with E-state index in [2.05, 4.69) is 41.4 Å². The number of nitrogens with zero attached hydrogens (tertiary/aromatic N) is 2. The van der Waals surface area contributed by atoms with Crippen LogP contribution in [0.1, 0.15) is 28.7 Å². The highest BCUT2D eigenvalue weighted by Gasteiger charge is 2.71. The van der Waals surface area contributed by atoms with Crippen LogP contribution < -0.4 is 15.0 Å². The molecule has 1 saturated heterocycles. The molecule has 0 spiro atoms. The van der Waals surface area contributed by atoms with E-state index in [1.807, 2.05) is 30.3 Å². The molecule has 3 heterocycles. The van der Waals surface area contributed by atoms with Gasteiger partial charge in [-0.25, -0.2) is 4.98 Å². The van der Waals surface area contributed by atoms with Crippen LogP contribution in [0.25, 0.3) is 11.3 Å². The number of rotatable bonds is 8. The van der Waals surface area contributed by atoms with E-state index in [-0.39, 0.29) is 12.0 Å². The van der Waals surface area contributed by atoms with Gasteiger partial charge in [-0.1, -0.05) is 36.4 Å². The number of ether oxygens (including phenoxy) is 2. The van der Waals surface area contributed by atoms with Crippen molar-refractivity contribution in [1.29, 1.82) is 0 Å². The highest BCUT2D eigenvalue weighted by atomic mass is 16.5. The van der Waals surface area contributed by atoms with Crippen LogP contribution in [0, 0.1) is 18.3 Å². The normalized spacial score (nSPS) is 23.9. The summed E-state index contributed by atoms with van der Waals surface area (Å²) in [5.41, 5.74) is 6.00. The van der Waals surface area contributed by atoms with E-state index >= 15 is 0 Å². The van der Waals surface area contributed by atoms with Gasteiger partial charge in [0.1, 0.15) is 18.2 Å². The number of carboxylic acid groups (broad SMARTS) is 1. The van der Waals surface area contributed by atoms with Gasteiger partial charge in [0, 0.05) is 25.8 Å². The average Bonchev–Trinajstić information content (AvgIpc) is 3.56. The number of pyridine rings is 1. The molecule has 0 bridgehead atoms. The van der Waals surface area contributed by atoms with Gasteiger partial charge in [-0.2, -0.15) is 0 Å². The molecule has 3 aromatic rings. The summed E-state index contributed by atoms with van der Waals surface area (Å²) in [5, 5.41) is 13.4. The summed E-state index contributed by atoms with van der Waals surface area (Å²) in [6.45, 7) is 5.53. The lowest BCUT2D eigenvalue weighted by atomic mass is 9.97. The number of aliphatic carboxylic acids is 1. The molecule has 3 aliphatic rings. The molecule has 0 amide bonds. The van der Waals surface area contributed by atoms with E-state index in [0.717, 1.165) is 53.5 Å². The Bertz CT molecular complexity index is 1340. The third-order valence-electron chi connectivity index (χ3n) is 8.32. The predicted molar refractivity (Wildman–Crippen MR) is 142 cm³/mol. The maximum absolute atomic E-state index is 12.1. The Balaban J connectivity index is 1.27. The Morgan fingerprint density at radius 3 is 2.89 bits per heavy atom. The number of piperidine rings is 1. The fraction of sp³-hybridized carbons (Fsp3) is 0.400. The number of carbonyl (C=O) groups is 1. The third-order valence-corrected chi connectivity index (χ3v) is 8.32. The van der Waals surface area contributed by atoms with Crippen LogP contribution in [0.2, 0.25) is 0 Å². The van der Waals surface area contributed by atoms with Crippen molar-refractivity contribution in [3.05, 3.63) is 76.9 Å². The Morgan fingerprint density at radius 2 is 2.05 bits per heavy atom. The molecule has 6 rings (SSSR count). The number of aromatic nitrogens is 1. The number of fused-ring (bicyclic) bond motifs is 2. The van der Waals surface area contributed by atoms with E-state index in [1.54, 1.807) is 7.11 Å². The average molecular weight is 500 g/mol. The Labute approximate surface area is 217 Å². The smallest absolute Gasteiger partial charge is 0.312 e. The summed E-state index contributed by atoms with van der Waals surface area (Å²) < 4.78 is 11.9. The molecule has 37 heavy (non-hydrogen) atoms. The Hall–Kier alpha value is -3.42. The fourth-order valence-corrected chi connectivity index (χ4v) is 6.24. The lowest BCUT2D eigenvalue weighted by Crippen LogP contribution is -2.43. The first-order valence-corrected chi connectivity index (χ1v) is 13.0. The second-order valence-corrected chi connectivity index (χ2v) is 10.5. The molecule has 0 radical (unpaired) electrons. The number of hydrogen-bond donors (Lipinski definition) is 2. The molecule has 1 saturated carbocycles. The van der Waals surface area contributed by atoms with Crippen LogP contribution in [0.3, 0.4) is 0 Å². The number of aryl methyl sites for hydroxylation is 1. The topological polar surface area (TPSA) is 83.9 Å². The number of hydrogen-bond acceptors (Lipinski definition) is 6. The predicted octanol–water partition coefficient (Wildman–Crippen LogP) is 4.21. The molecule has 1 aromatic heterocycles.